The van der Waals surface area contributed by atoms with E-state index in [0.29, 0.717) is 23.8 Å². The molecule has 5 heterocycles. The van der Waals surface area contributed by atoms with Crippen LogP contribution < -0.4 is 15.4 Å². The molecule has 4 aromatic rings. The van der Waals surface area contributed by atoms with E-state index in [1.54, 1.807) is 18.0 Å². The molecule has 1 aromatic carbocycles. The van der Waals surface area contributed by atoms with Crippen LogP contribution in [-0.4, -0.2) is 82.0 Å². The Balaban J connectivity index is 1.23. The van der Waals surface area contributed by atoms with Gasteiger partial charge in [0, 0.05) is 57.2 Å². The minimum atomic E-state index is -0.224. The first-order valence-electron chi connectivity index (χ1n) is 12.6. The van der Waals surface area contributed by atoms with Gasteiger partial charge in [0.05, 0.1) is 25.6 Å². The Bertz CT molecular complexity index is 1400. The number of benzene rings is 1. The van der Waals surface area contributed by atoms with Crippen LogP contribution >= 0.6 is 0 Å². The van der Waals surface area contributed by atoms with E-state index < -0.39 is 0 Å². The molecule has 2 fully saturated rings. The van der Waals surface area contributed by atoms with Gasteiger partial charge >= 0.3 is 5.69 Å². The second-order valence-corrected chi connectivity index (χ2v) is 9.79. The first-order chi connectivity index (χ1) is 17.7. The quantitative estimate of drug-likeness (QED) is 0.383. The molecule has 2 saturated heterocycles. The second kappa shape index (κ2) is 9.96. The fourth-order valence-electron chi connectivity index (χ4n) is 5.32. The highest BCUT2D eigenvalue weighted by Gasteiger charge is 2.24. The lowest BCUT2D eigenvalue weighted by Crippen LogP contribution is -2.47. The third-order valence-electron chi connectivity index (χ3n) is 7.34. The van der Waals surface area contributed by atoms with Crippen molar-refractivity contribution < 1.29 is 14.5 Å². The molecule has 36 heavy (non-hydrogen) atoms. The SMILES string of the molecule is COc1ccc(Cn2c(=O)n3nc[nH+]c3c3cc(CN4CCN(CC5CCOC5)CC4)cnc32)cc1. The zero-order chi connectivity index (χ0) is 24.5. The van der Waals surface area contributed by atoms with E-state index in [4.69, 9.17) is 14.5 Å². The Labute approximate surface area is 209 Å². The number of pyridine rings is 1. The van der Waals surface area contributed by atoms with Gasteiger partial charge in [-0.25, -0.2) is 14.8 Å². The van der Waals surface area contributed by atoms with Gasteiger partial charge in [-0.15, -0.1) is 0 Å². The number of hydrogen-bond donors (Lipinski definition) is 0. The highest BCUT2D eigenvalue weighted by Crippen LogP contribution is 2.20. The van der Waals surface area contributed by atoms with Crippen LogP contribution in [0.2, 0.25) is 0 Å². The molecule has 0 bridgehead atoms. The number of aromatic amines is 1. The Morgan fingerprint density at radius 1 is 1.08 bits per heavy atom. The summed E-state index contributed by atoms with van der Waals surface area (Å²) in [6, 6.07) is 9.86. The number of nitrogens with zero attached hydrogens (tertiary/aromatic N) is 6. The van der Waals surface area contributed by atoms with E-state index in [2.05, 4.69) is 25.9 Å². The summed E-state index contributed by atoms with van der Waals surface area (Å²) in [4.78, 5) is 26.2. The fraction of sp³-hybridized carbons (Fsp3) is 0.462. The van der Waals surface area contributed by atoms with Gasteiger partial charge < -0.3 is 14.4 Å². The molecule has 0 spiro atoms. The molecular formula is C26H32N7O3+. The van der Waals surface area contributed by atoms with Crippen molar-refractivity contribution in [3.63, 3.8) is 0 Å². The van der Waals surface area contributed by atoms with Gasteiger partial charge in [-0.2, -0.15) is 0 Å². The molecule has 1 atom stereocenters. The van der Waals surface area contributed by atoms with Gasteiger partial charge in [-0.3, -0.25) is 9.47 Å². The molecule has 0 radical (unpaired) electrons. The number of piperazine rings is 1. The molecule has 188 valence electrons. The van der Waals surface area contributed by atoms with Crippen LogP contribution in [0.1, 0.15) is 17.5 Å². The van der Waals surface area contributed by atoms with Crippen molar-refractivity contribution in [2.45, 2.75) is 19.5 Å². The smallest absolute Gasteiger partial charge is 0.425 e. The van der Waals surface area contributed by atoms with Crippen molar-refractivity contribution >= 4 is 16.7 Å². The van der Waals surface area contributed by atoms with Crippen LogP contribution in [0.25, 0.3) is 16.7 Å². The number of aromatic nitrogens is 5. The largest absolute Gasteiger partial charge is 0.497 e. The fourth-order valence-corrected chi connectivity index (χ4v) is 5.32. The predicted molar refractivity (Wildman–Crippen MR) is 134 cm³/mol. The summed E-state index contributed by atoms with van der Waals surface area (Å²) in [6.45, 7) is 8.44. The van der Waals surface area contributed by atoms with E-state index in [0.717, 1.165) is 74.7 Å². The first-order valence-corrected chi connectivity index (χ1v) is 12.6. The van der Waals surface area contributed by atoms with Gasteiger partial charge in [0.2, 0.25) is 0 Å². The van der Waals surface area contributed by atoms with Crippen molar-refractivity contribution in [2.75, 3.05) is 53.0 Å². The Hall–Kier alpha value is -3.34. The molecule has 0 aliphatic carbocycles. The van der Waals surface area contributed by atoms with Crippen LogP contribution in [0, 0.1) is 5.92 Å². The van der Waals surface area contributed by atoms with E-state index in [-0.39, 0.29) is 5.69 Å². The zero-order valence-electron chi connectivity index (χ0n) is 20.6. The number of methoxy groups -OCH3 is 1. The molecule has 1 N–H and O–H groups in total. The number of ether oxygens (including phenoxy) is 2. The van der Waals surface area contributed by atoms with E-state index in [1.165, 1.54) is 10.9 Å². The molecule has 10 nitrogen and oxygen atoms in total. The van der Waals surface area contributed by atoms with Crippen LogP contribution in [0.4, 0.5) is 0 Å². The Morgan fingerprint density at radius 3 is 2.64 bits per heavy atom. The van der Waals surface area contributed by atoms with Crippen LogP contribution in [-0.2, 0) is 17.8 Å². The third-order valence-corrected chi connectivity index (χ3v) is 7.34. The molecule has 0 amide bonds. The summed E-state index contributed by atoms with van der Waals surface area (Å²) in [5.41, 5.74) is 3.21. The number of rotatable bonds is 7. The summed E-state index contributed by atoms with van der Waals surface area (Å²) < 4.78 is 13.9. The van der Waals surface area contributed by atoms with Crippen molar-refractivity contribution in [1.82, 2.24) is 29.0 Å². The van der Waals surface area contributed by atoms with Crippen molar-refractivity contribution in [3.05, 3.63) is 64.5 Å². The summed E-state index contributed by atoms with van der Waals surface area (Å²) >= 11 is 0. The van der Waals surface area contributed by atoms with E-state index >= 15 is 0 Å². The third kappa shape index (κ3) is 4.59. The first kappa shape index (κ1) is 23.1. The minimum Gasteiger partial charge on any atom is -0.497 e. The molecule has 2 aliphatic heterocycles. The average molecular weight is 491 g/mol. The summed E-state index contributed by atoms with van der Waals surface area (Å²) in [5.74, 6) is 1.47. The van der Waals surface area contributed by atoms with Crippen LogP contribution in [0.3, 0.4) is 0 Å². The maximum Gasteiger partial charge on any atom is 0.425 e. The predicted octanol–water partition coefficient (Wildman–Crippen LogP) is 1.07. The molecule has 10 heteroatoms. The van der Waals surface area contributed by atoms with E-state index in [9.17, 15) is 4.79 Å². The normalized spacial score (nSPS) is 19.4. The maximum atomic E-state index is 13.2. The van der Waals surface area contributed by atoms with Gasteiger partial charge in [0.1, 0.15) is 5.75 Å². The number of fused-ring (bicyclic) bond motifs is 3. The zero-order valence-corrected chi connectivity index (χ0v) is 20.6. The molecule has 6 rings (SSSR count). The number of H-pyrrole nitrogens is 1. The highest BCUT2D eigenvalue weighted by molar-refractivity contribution is 5.87. The lowest BCUT2D eigenvalue weighted by atomic mass is 10.1. The van der Waals surface area contributed by atoms with Crippen LogP contribution in [0.15, 0.2) is 47.7 Å². The molecule has 1 unspecified atom stereocenters. The monoisotopic (exact) mass is 490 g/mol. The molecule has 0 saturated carbocycles. The number of nitrogens with one attached hydrogen (secondary N) is 1. The molecule has 2 aliphatic rings. The summed E-state index contributed by atoms with van der Waals surface area (Å²) in [5, 5.41) is 5.14. The van der Waals surface area contributed by atoms with Gasteiger partial charge in [-0.1, -0.05) is 12.1 Å². The number of hydrogen-bond acceptors (Lipinski definition) is 7. The van der Waals surface area contributed by atoms with Crippen molar-refractivity contribution in [2.24, 2.45) is 5.92 Å². The second-order valence-electron chi connectivity index (χ2n) is 9.79. The Kier molecular flexibility index (Phi) is 6.39. The summed E-state index contributed by atoms with van der Waals surface area (Å²) in [7, 11) is 1.64. The van der Waals surface area contributed by atoms with E-state index in [1.807, 2.05) is 30.5 Å². The average Bonchev–Trinajstić information content (AvgIpc) is 3.61. The summed E-state index contributed by atoms with van der Waals surface area (Å²) in [6.07, 6.45) is 4.64. The topological polar surface area (TPSA) is 91.3 Å². The Morgan fingerprint density at radius 2 is 1.89 bits per heavy atom. The van der Waals surface area contributed by atoms with Gasteiger partial charge in [0.15, 0.2) is 5.65 Å². The highest BCUT2D eigenvalue weighted by atomic mass is 16.5. The van der Waals surface area contributed by atoms with Gasteiger partial charge in [-0.05, 0) is 46.2 Å². The van der Waals surface area contributed by atoms with Crippen molar-refractivity contribution in [1.29, 1.82) is 0 Å². The van der Waals surface area contributed by atoms with Gasteiger partial charge in [0.25, 0.3) is 12.0 Å². The maximum absolute atomic E-state index is 13.2. The molecular weight excluding hydrogens is 458 g/mol. The lowest BCUT2D eigenvalue weighted by Gasteiger charge is -2.35. The molecule has 3 aromatic heterocycles. The lowest BCUT2D eigenvalue weighted by molar-refractivity contribution is -0.345. The minimum absolute atomic E-state index is 0.224. The van der Waals surface area contributed by atoms with Crippen LogP contribution in [0.5, 0.6) is 5.75 Å². The standard InChI is InChI=1S/C26H31N7O3/c1-35-22-4-2-19(3-5-22)16-32-24-23(25-28-18-29-33(25)26(32)34)12-21(13-27-24)15-31-9-7-30(8-10-31)14-20-6-11-36-17-20/h2-5,12-13,18,20H,6-11,14-17H2,1H3/p+1. The van der Waals surface area contributed by atoms with Crippen molar-refractivity contribution in [3.8, 4) is 5.75 Å².